The Balaban J connectivity index is 1.56. The number of carboxylic acid groups (broad SMARTS) is 1. The van der Waals surface area contributed by atoms with Crippen molar-refractivity contribution in [3.63, 3.8) is 0 Å². The average molecular weight is 445 g/mol. The fraction of sp³-hybridized carbons (Fsp3) is 0.217. The Morgan fingerprint density at radius 2 is 1.97 bits per heavy atom. The van der Waals surface area contributed by atoms with Gasteiger partial charge in [-0.25, -0.2) is 19.4 Å². The predicted molar refractivity (Wildman–Crippen MR) is 121 cm³/mol. The highest BCUT2D eigenvalue weighted by Crippen LogP contribution is 2.20. The lowest BCUT2D eigenvalue weighted by Gasteiger charge is -2.14. The fourth-order valence-corrected chi connectivity index (χ4v) is 3.49. The molecule has 0 aliphatic rings. The zero-order chi connectivity index (χ0) is 23.4. The Labute approximate surface area is 189 Å². The van der Waals surface area contributed by atoms with Gasteiger partial charge >= 0.3 is 6.09 Å². The van der Waals surface area contributed by atoms with Gasteiger partial charge in [0.2, 0.25) is 5.43 Å². The van der Waals surface area contributed by atoms with Crippen molar-refractivity contribution in [3.05, 3.63) is 88.4 Å². The van der Waals surface area contributed by atoms with Gasteiger partial charge in [0.25, 0.3) is 0 Å². The number of hydrogen-bond acceptors (Lipinski definition) is 6. The van der Waals surface area contributed by atoms with Gasteiger partial charge in [0.15, 0.2) is 5.82 Å². The van der Waals surface area contributed by atoms with Crippen LogP contribution in [0.4, 0.5) is 4.79 Å². The Morgan fingerprint density at radius 3 is 2.64 bits per heavy atom. The lowest BCUT2D eigenvalue weighted by atomic mass is 10.1. The number of amides is 1. The summed E-state index contributed by atoms with van der Waals surface area (Å²) in [7, 11) is 1.82. The predicted octanol–water partition coefficient (Wildman–Crippen LogP) is 2.73. The summed E-state index contributed by atoms with van der Waals surface area (Å²) in [6, 6.07) is 8.74. The molecule has 1 atom stereocenters. The Bertz CT molecular complexity index is 1330. The molecule has 0 bridgehead atoms. The minimum absolute atomic E-state index is 0.141. The number of hydrogen-bond donors (Lipinski definition) is 2. The quantitative estimate of drug-likeness (QED) is 0.448. The summed E-state index contributed by atoms with van der Waals surface area (Å²) in [6.45, 7) is 1.89. The minimum Gasteiger partial charge on any atom is -0.465 e. The summed E-state index contributed by atoms with van der Waals surface area (Å²) in [5, 5.41) is 20.1. The molecule has 10 heteroatoms. The van der Waals surface area contributed by atoms with E-state index in [1.807, 2.05) is 44.4 Å². The highest BCUT2D eigenvalue weighted by Gasteiger charge is 2.14. The molecular formula is C23H23N7O3. The van der Waals surface area contributed by atoms with E-state index in [4.69, 9.17) is 5.11 Å². The summed E-state index contributed by atoms with van der Waals surface area (Å²) in [5.41, 5.74) is 3.43. The van der Waals surface area contributed by atoms with E-state index in [1.165, 1.54) is 6.07 Å². The zero-order valence-corrected chi connectivity index (χ0v) is 18.2. The molecule has 3 heterocycles. The molecule has 4 rings (SSSR count). The first-order chi connectivity index (χ1) is 15.9. The van der Waals surface area contributed by atoms with Gasteiger partial charge in [-0.3, -0.25) is 9.48 Å². The molecule has 2 N–H and O–H groups in total. The SMILES string of the molecule is CCC(NC(=O)O)c1cnc(-c2cccc(Cc3nn(-c4cnn(C)c4)ccc3=O)c2)nc1. The maximum atomic E-state index is 12.4. The van der Waals surface area contributed by atoms with Crippen LogP contribution in [0.1, 0.15) is 36.2 Å². The van der Waals surface area contributed by atoms with Crippen LogP contribution in [0.3, 0.4) is 0 Å². The van der Waals surface area contributed by atoms with Gasteiger partial charge in [0.05, 0.1) is 18.4 Å². The third-order valence-corrected chi connectivity index (χ3v) is 5.17. The molecule has 1 amide bonds. The highest BCUT2D eigenvalue weighted by molar-refractivity contribution is 5.65. The van der Waals surface area contributed by atoms with Gasteiger partial charge in [-0.15, -0.1) is 0 Å². The first kappa shape index (κ1) is 21.9. The topological polar surface area (TPSA) is 128 Å². The number of benzene rings is 1. The van der Waals surface area contributed by atoms with Crippen molar-refractivity contribution in [2.24, 2.45) is 7.05 Å². The lowest BCUT2D eigenvalue weighted by Crippen LogP contribution is -2.26. The third-order valence-electron chi connectivity index (χ3n) is 5.17. The van der Waals surface area contributed by atoms with Crippen molar-refractivity contribution >= 4 is 6.09 Å². The van der Waals surface area contributed by atoms with Gasteiger partial charge < -0.3 is 10.4 Å². The van der Waals surface area contributed by atoms with Crippen LogP contribution in [0.5, 0.6) is 0 Å². The zero-order valence-electron chi connectivity index (χ0n) is 18.2. The molecule has 3 aromatic heterocycles. The first-order valence-corrected chi connectivity index (χ1v) is 10.4. The lowest BCUT2D eigenvalue weighted by molar-refractivity contribution is 0.189. The molecule has 0 fully saturated rings. The van der Waals surface area contributed by atoms with Crippen molar-refractivity contribution in [1.29, 1.82) is 0 Å². The molecule has 0 aliphatic heterocycles. The van der Waals surface area contributed by atoms with Crippen LogP contribution < -0.4 is 10.7 Å². The number of nitrogens with one attached hydrogen (secondary N) is 1. The maximum Gasteiger partial charge on any atom is 0.405 e. The van der Waals surface area contributed by atoms with Crippen LogP contribution in [-0.4, -0.2) is 40.7 Å². The molecule has 168 valence electrons. The molecule has 0 spiro atoms. The number of aromatic nitrogens is 6. The van der Waals surface area contributed by atoms with Crippen LogP contribution >= 0.6 is 0 Å². The molecule has 0 saturated carbocycles. The number of nitrogens with zero attached hydrogens (tertiary/aromatic N) is 6. The smallest absolute Gasteiger partial charge is 0.405 e. The van der Waals surface area contributed by atoms with Crippen LogP contribution in [-0.2, 0) is 13.5 Å². The first-order valence-electron chi connectivity index (χ1n) is 10.4. The second-order valence-electron chi connectivity index (χ2n) is 7.57. The summed E-state index contributed by atoms with van der Waals surface area (Å²) in [5.74, 6) is 0.513. The molecule has 1 unspecified atom stereocenters. The van der Waals surface area contributed by atoms with Gasteiger partial charge in [-0.1, -0.05) is 25.1 Å². The van der Waals surface area contributed by atoms with E-state index >= 15 is 0 Å². The second kappa shape index (κ2) is 9.43. The van der Waals surface area contributed by atoms with E-state index in [0.29, 0.717) is 29.9 Å². The molecule has 0 radical (unpaired) electrons. The number of aryl methyl sites for hydroxylation is 1. The largest absolute Gasteiger partial charge is 0.465 e. The standard InChI is InChI=1S/C23H23N7O3/c1-3-19(27-23(32)33)17-11-24-22(25-12-17)16-6-4-5-15(9-16)10-20-21(31)7-8-30(28-20)18-13-26-29(2)14-18/h4-9,11-14,19,27H,3,10H2,1-2H3,(H,32,33). The van der Waals surface area contributed by atoms with Gasteiger partial charge in [0, 0.05) is 49.3 Å². The monoisotopic (exact) mass is 445 g/mol. The van der Waals surface area contributed by atoms with Crippen molar-refractivity contribution < 1.29 is 9.90 Å². The Kier molecular flexibility index (Phi) is 6.25. The van der Waals surface area contributed by atoms with Crippen LogP contribution in [0.25, 0.3) is 17.1 Å². The van der Waals surface area contributed by atoms with E-state index in [9.17, 15) is 9.59 Å². The molecule has 0 saturated heterocycles. The Hall–Kier alpha value is -4.34. The van der Waals surface area contributed by atoms with E-state index in [-0.39, 0.29) is 11.5 Å². The number of rotatable bonds is 7. The van der Waals surface area contributed by atoms with Crippen LogP contribution in [0.15, 0.2) is 66.1 Å². The van der Waals surface area contributed by atoms with Crippen molar-refractivity contribution in [1.82, 2.24) is 34.8 Å². The van der Waals surface area contributed by atoms with Crippen molar-refractivity contribution in [3.8, 4) is 17.1 Å². The Morgan fingerprint density at radius 1 is 1.18 bits per heavy atom. The summed E-state index contributed by atoms with van der Waals surface area (Å²) in [4.78, 5) is 32.2. The molecule has 4 aromatic rings. The summed E-state index contributed by atoms with van der Waals surface area (Å²) in [6.07, 6.45) is 8.23. The molecular weight excluding hydrogens is 422 g/mol. The normalized spacial score (nSPS) is 11.8. The maximum absolute atomic E-state index is 12.4. The molecule has 33 heavy (non-hydrogen) atoms. The van der Waals surface area contributed by atoms with Crippen molar-refractivity contribution in [2.75, 3.05) is 0 Å². The summed E-state index contributed by atoms with van der Waals surface area (Å²) < 4.78 is 3.30. The van der Waals surface area contributed by atoms with E-state index < -0.39 is 6.09 Å². The minimum atomic E-state index is -1.09. The summed E-state index contributed by atoms with van der Waals surface area (Å²) >= 11 is 0. The van der Waals surface area contributed by atoms with E-state index in [2.05, 4.69) is 25.5 Å². The van der Waals surface area contributed by atoms with Gasteiger partial charge in [-0.2, -0.15) is 10.2 Å². The fourth-order valence-electron chi connectivity index (χ4n) is 3.49. The van der Waals surface area contributed by atoms with Crippen LogP contribution in [0.2, 0.25) is 0 Å². The van der Waals surface area contributed by atoms with E-state index in [0.717, 1.165) is 16.8 Å². The third kappa shape index (κ3) is 5.12. The molecule has 1 aromatic carbocycles. The van der Waals surface area contributed by atoms with E-state index in [1.54, 1.807) is 34.2 Å². The molecule has 0 aliphatic carbocycles. The van der Waals surface area contributed by atoms with Gasteiger partial charge in [-0.05, 0) is 18.1 Å². The van der Waals surface area contributed by atoms with Crippen LogP contribution in [0, 0.1) is 0 Å². The van der Waals surface area contributed by atoms with Gasteiger partial charge in [0.1, 0.15) is 11.4 Å². The number of carbonyl (C=O) groups is 1. The average Bonchev–Trinajstić information content (AvgIpc) is 3.25. The molecule has 10 nitrogen and oxygen atoms in total. The second-order valence-corrected chi connectivity index (χ2v) is 7.57. The van der Waals surface area contributed by atoms with Crippen molar-refractivity contribution in [2.45, 2.75) is 25.8 Å². The highest BCUT2D eigenvalue weighted by atomic mass is 16.4.